The minimum Gasteiger partial charge on any atom is -0.208 e. The molecule has 0 amide bonds. The molecule has 0 spiro atoms. The van der Waals surface area contributed by atoms with Crippen LogP contribution in [0.4, 0.5) is 0 Å². The Bertz CT molecular complexity index is 2850. The summed E-state index contributed by atoms with van der Waals surface area (Å²) in [6.45, 7) is 0. The van der Waals surface area contributed by atoms with Gasteiger partial charge in [0.2, 0.25) is 0 Å². The zero-order valence-electron chi connectivity index (χ0n) is 30.0. The van der Waals surface area contributed by atoms with Crippen molar-refractivity contribution in [2.75, 3.05) is 0 Å². The summed E-state index contributed by atoms with van der Waals surface area (Å²) in [6.07, 6.45) is 0. The highest BCUT2D eigenvalue weighted by Crippen LogP contribution is 2.32. The van der Waals surface area contributed by atoms with E-state index >= 15 is 0 Å². The molecule has 0 aliphatic heterocycles. The van der Waals surface area contributed by atoms with E-state index in [9.17, 15) is 5.26 Å². The molecule has 0 N–H and O–H groups in total. The quantitative estimate of drug-likeness (QED) is 0.154. The summed E-state index contributed by atoms with van der Waals surface area (Å²) in [5.74, 6) is 3.35. The molecule has 0 aliphatic carbocycles. The van der Waals surface area contributed by atoms with Gasteiger partial charge in [0.25, 0.3) is 0 Å². The predicted octanol–water partition coefficient (Wildman–Crippen LogP) is 11.3. The van der Waals surface area contributed by atoms with Gasteiger partial charge < -0.3 is 0 Å². The van der Waals surface area contributed by atoms with E-state index in [1.807, 2.05) is 115 Å². The lowest BCUT2D eigenvalue weighted by atomic mass is 10.0. The highest BCUT2D eigenvalue weighted by molar-refractivity contribution is 5.77. The van der Waals surface area contributed by atoms with Crippen molar-refractivity contribution < 1.29 is 0 Å². The van der Waals surface area contributed by atoms with E-state index in [1.54, 1.807) is 12.1 Å². The summed E-state index contributed by atoms with van der Waals surface area (Å²) in [5.41, 5.74) is 9.90. The summed E-state index contributed by atoms with van der Waals surface area (Å²) in [5, 5.41) is 9.57. The number of hydrogen-bond donors (Lipinski definition) is 0. The second-order valence-corrected chi connectivity index (χ2v) is 13.1. The van der Waals surface area contributed by atoms with Gasteiger partial charge in [0.15, 0.2) is 34.9 Å². The van der Waals surface area contributed by atoms with Gasteiger partial charge >= 0.3 is 0 Å². The first kappa shape index (κ1) is 33.9. The van der Waals surface area contributed by atoms with Crippen LogP contribution in [-0.4, -0.2) is 29.9 Å². The zero-order chi connectivity index (χ0) is 37.7. The molecule has 56 heavy (non-hydrogen) atoms. The fraction of sp³-hybridized carbons (Fsp3) is 0. The Hall–Kier alpha value is -7.95. The minimum atomic E-state index is 0.493. The van der Waals surface area contributed by atoms with Crippen LogP contribution in [0.3, 0.4) is 0 Å². The Morgan fingerprint density at radius 1 is 0.250 bits per heavy atom. The highest BCUT2D eigenvalue weighted by atomic mass is 15.0. The molecule has 7 aromatic carbocycles. The fourth-order valence-corrected chi connectivity index (χ4v) is 6.55. The van der Waals surface area contributed by atoms with Crippen molar-refractivity contribution in [3.8, 4) is 96.7 Å². The molecule has 7 nitrogen and oxygen atoms in total. The standard InChI is InChI=1S/C49H31N7/c50-32-33-13-10-22-41(29-33)47-52-45(37-18-8-3-9-19-37)54-49(56-47)43-24-12-21-40(31-43)39-20-11-23-42(30-39)48-53-44(36-16-6-2-7-17-36)51-46(55-48)38-27-25-35(26-28-38)34-14-4-1-5-15-34/h1-31H. The van der Waals surface area contributed by atoms with Gasteiger partial charge in [-0.15, -0.1) is 0 Å². The van der Waals surface area contributed by atoms with Crippen LogP contribution in [-0.2, 0) is 0 Å². The third-order valence-corrected chi connectivity index (χ3v) is 9.41. The van der Waals surface area contributed by atoms with Crippen molar-refractivity contribution in [1.29, 1.82) is 5.26 Å². The summed E-state index contributed by atoms with van der Waals surface area (Å²) >= 11 is 0. The molecule has 0 fully saturated rings. The maximum atomic E-state index is 9.57. The van der Waals surface area contributed by atoms with Crippen molar-refractivity contribution in [1.82, 2.24) is 29.9 Å². The van der Waals surface area contributed by atoms with Crippen molar-refractivity contribution in [3.05, 3.63) is 194 Å². The van der Waals surface area contributed by atoms with Gasteiger partial charge in [-0.1, -0.05) is 164 Å². The molecule has 0 atom stereocenters. The van der Waals surface area contributed by atoms with Crippen LogP contribution in [0.15, 0.2) is 188 Å². The molecule has 2 heterocycles. The molecule has 2 aromatic heterocycles. The highest BCUT2D eigenvalue weighted by Gasteiger charge is 2.16. The lowest BCUT2D eigenvalue weighted by molar-refractivity contribution is 1.07. The van der Waals surface area contributed by atoms with E-state index in [0.29, 0.717) is 40.5 Å². The molecular weight excluding hydrogens is 687 g/mol. The Balaban J connectivity index is 1.10. The number of benzene rings is 7. The van der Waals surface area contributed by atoms with Crippen LogP contribution in [0.5, 0.6) is 0 Å². The summed E-state index contributed by atoms with van der Waals surface area (Å²) in [6, 6.07) is 64.4. The van der Waals surface area contributed by atoms with Crippen LogP contribution in [0.2, 0.25) is 0 Å². The first-order chi connectivity index (χ1) is 27.7. The maximum Gasteiger partial charge on any atom is 0.164 e. The van der Waals surface area contributed by atoms with Crippen LogP contribution in [0.25, 0.3) is 90.6 Å². The van der Waals surface area contributed by atoms with Crippen molar-refractivity contribution >= 4 is 0 Å². The van der Waals surface area contributed by atoms with Gasteiger partial charge in [-0.05, 0) is 46.5 Å². The van der Waals surface area contributed by atoms with Crippen LogP contribution < -0.4 is 0 Å². The minimum absolute atomic E-state index is 0.493. The van der Waals surface area contributed by atoms with E-state index in [2.05, 4.69) is 66.7 Å². The molecule has 0 radical (unpaired) electrons. The molecule has 0 saturated carbocycles. The lowest BCUT2D eigenvalue weighted by Crippen LogP contribution is -2.00. The number of aromatic nitrogens is 6. The first-order valence-electron chi connectivity index (χ1n) is 18.2. The van der Waals surface area contributed by atoms with Gasteiger partial charge in [-0.25, -0.2) is 29.9 Å². The molecule has 0 bridgehead atoms. The number of nitriles is 1. The molecule has 0 aliphatic rings. The predicted molar refractivity (Wildman–Crippen MR) is 221 cm³/mol. The molecule has 0 unspecified atom stereocenters. The Kier molecular flexibility index (Phi) is 9.18. The van der Waals surface area contributed by atoms with E-state index in [1.165, 1.54) is 0 Å². The van der Waals surface area contributed by atoms with Gasteiger partial charge in [0.05, 0.1) is 11.6 Å². The number of hydrogen-bond acceptors (Lipinski definition) is 7. The van der Waals surface area contributed by atoms with E-state index in [4.69, 9.17) is 29.9 Å². The third-order valence-electron chi connectivity index (χ3n) is 9.41. The second kappa shape index (κ2) is 15.2. The monoisotopic (exact) mass is 717 g/mol. The Morgan fingerprint density at radius 3 is 0.964 bits per heavy atom. The topological polar surface area (TPSA) is 101 Å². The Morgan fingerprint density at radius 2 is 0.536 bits per heavy atom. The second-order valence-electron chi connectivity index (χ2n) is 13.1. The SMILES string of the molecule is N#Cc1cccc(-c2nc(-c3ccccc3)nc(-c3cccc(-c4cccc(-c5nc(-c6ccccc6)nc(-c6ccc(-c7ccccc7)cc6)n5)c4)c3)n2)c1. The average molecular weight is 718 g/mol. The normalized spacial score (nSPS) is 10.8. The van der Waals surface area contributed by atoms with Crippen LogP contribution in [0.1, 0.15) is 5.56 Å². The first-order valence-corrected chi connectivity index (χ1v) is 18.2. The van der Waals surface area contributed by atoms with Crippen molar-refractivity contribution in [2.45, 2.75) is 0 Å². The van der Waals surface area contributed by atoms with Crippen molar-refractivity contribution in [3.63, 3.8) is 0 Å². The van der Waals surface area contributed by atoms with Gasteiger partial charge in [0.1, 0.15) is 0 Å². The molecule has 9 rings (SSSR count). The van der Waals surface area contributed by atoms with Crippen LogP contribution in [0, 0.1) is 11.3 Å². The van der Waals surface area contributed by atoms with E-state index in [0.717, 1.165) is 55.6 Å². The Labute approximate surface area is 324 Å². The lowest BCUT2D eigenvalue weighted by Gasteiger charge is -2.11. The molecule has 262 valence electrons. The van der Waals surface area contributed by atoms with Crippen LogP contribution >= 0.6 is 0 Å². The van der Waals surface area contributed by atoms with E-state index < -0.39 is 0 Å². The van der Waals surface area contributed by atoms with E-state index in [-0.39, 0.29) is 0 Å². The average Bonchev–Trinajstić information content (AvgIpc) is 3.30. The smallest absolute Gasteiger partial charge is 0.164 e. The largest absolute Gasteiger partial charge is 0.208 e. The summed E-state index contributed by atoms with van der Waals surface area (Å²) < 4.78 is 0. The third kappa shape index (κ3) is 7.19. The molecule has 9 aromatic rings. The number of rotatable bonds is 8. The summed E-state index contributed by atoms with van der Waals surface area (Å²) in [4.78, 5) is 29.6. The molecule has 0 saturated heterocycles. The zero-order valence-corrected chi connectivity index (χ0v) is 30.0. The van der Waals surface area contributed by atoms with Gasteiger partial charge in [0, 0.05) is 33.4 Å². The molecule has 7 heteroatoms. The van der Waals surface area contributed by atoms with Gasteiger partial charge in [-0.2, -0.15) is 5.26 Å². The fourth-order valence-electron chi connectivity index (χ4n) is 6.55. The number of nitrogens with zero attached hydrogens (tertiary/aromatic N) is 7. The van der Waals surface area contributed by atoms with Gasteiger partial charge in [-0.3, -0.25) is 0 Å². The molecular formula is C49H31N7. The summed E-state index contributed by atoms with van der Waals surface area (Å²) in [7, 11) is 0. The van der Waals surface area contributed by atoms with Crippen molar-refractivity contribution in [2.24, 2.45) is 0 Å². The maximum absolute atomic E-state index is 9.57.